The number of nitrogens with two attached hydrogens (primary N) is 1. The molecule has 144 valence electrons. The Kier molecular flexibility index (Phi) is 4.52. The van der Waals surface area contributed by atoms with Crippen molar-refractivity contribution in [1.82, 2.24) is 4.98 Å². The van der Waals surface area contributed by atoms with Crippen LogP contribution < -0.4 is 15.2 Å². The van der Waals surface area contributed by atoms with Crippen molar-refractivity contribution in [2.75, 3.05) is 12.4 Å². The van der Waals surface area contributed by atoms with E-state index in [-0.39, 0.29) is 16.6 Å². The van der Waals surface area contributed by atoms with E-state index in [2.05, 4.69) is 10.3 Å². The number of benzene rings is 2. The van der Waals surface area contributed by atoms with Crippen LogP contribution in [0.5, 0.6) is 5.75 Å². The largest absolute Gasteiger partial charge is 0.495 e. The molecule has 1 amide bonds. The van der Waals surface area contributed by atoms with Gasteiger partial charge in [0.25, 0.3) is 5.91 Å². The van der Waals surface area contributed by atoms with Gasteiger partial charge in [0.2, 0.25) is 10.0 Å². The summed E-state index contributed by atoms with van der Waals surface area (Å²) in [4.78, 5) is 17.5. The van der Waals surface area contributed by atoms with Gasteiger partial charge in [0, 0.05) is 22.7 Å². The SMILES string of the molecule is COc1ccc(NC(=O)c2cc(C3CC3)nc3ccccc23)cc1S(N)(=O)=O. The van der Waals surface area contributed by atoms with E-state index in [9.17, 15) is 13.2 Å². The van der Waals surface area contributed by atoms with E-state index in [1.54, 1.807) is 6.07 Å². The van der Waals surface area contributed by atoms with Crippen molar-refractivity contribution in [3.05, 3.63) is 59.8 Å². The number of nitrogens with one attached hydrogen (secondary N) is 1. The molecule has 1 aliphatic carbocycles. The molecule has 0 saturated heterocycles. The smallest absolute Gasteiger partial charge is 0.256 e. The van der Waals surface area contributed by atoms with Crippen LogP contribution in [0, 0.1) is 0 Å². The average molecular weight is 397 g/mol. The number of rotatable bonds is 5. The molecule has 2 aromatic carbocycles. The quantitative estimate of drug-likeness (QED) is 0.687. The predicted octanol–water partition coefficient (Wildman–Crippen LogP) is 3.02. The summed E-state index contributed by atoms with van der Waals surface area (Å²) in [5, 5.41) is 8.75. The maximum Gasteiger partial charge on any atom is 0.256 e. The molecule has 0 atom stereocenters. The molecule has 0 bridgehead atoms. The monoisotopic (exact) mass is 397 g/mol. The fourth-order valence-corrected chi connectivity index (χ4v) is 3.87. The highest BCUT2D eigenvalue weighted by Crippen LogP contribution is 2.40. The minimum atomic E-state index is -4.00. The van der Waals surface area contributed by atoms with Crippen molar-refractivity contribution in [3.63, 3.8) is 0 Å². The van der Waals surface area contributed by atoms with Gasteiger partial charge in [-0.25, -0.2) is 13.6 Å². The third-order valence-corrected chi connectivity index (χ3v) is 5.64. The summed E-state index contributed by atoms with van der Waals surface area (Å²) in [6.07, 6.45) is 2.14. The number of amides is 1. The van der Waals surface area contributed by atoms with Crippen molar-refractivity contribution in [1.29, 1.82) is 0 Å². The Morgan fingerprint density at radius 3 is 2.61 bits per heavy atom. The first-order valence-corrected chi connectivity index (χ1v) is 10.3. The third kappa shape index (κ3) is 3.56. The third-order valence-electron chi connectivity index (χ3n) is 4.70. The number of sulfonamides is 1. The molecule has 3 aromatic rings. The van der Waals surface area contributed by atoms with E-state index in [0.29, 0.717) is 17.2 Å². The van der Waals surface area contributed by atoms with Gasteiger partial charge >= 0.3 is 0 Å². The number of methoxy groups -OCH3 is 1. The highest BCUT2D eigenvalue weighted by molar-refractivity contribution is 7.89. The van der Waals surface area contributed by atoms with E-state index in [1.807, 2.05) is 30.3 Å². The second kappa shape index (κ2) is 6.88. The van der Waals surface area contributed by atoms with Crippen LogP contribution in [0.3, 0.4) is 0 Å². The van der Waals surface area contributed by atoms with Gasteiger partial charge in [0.1, 0.15) is 10.6 Å². The van der Waals surface area contributed by atoms with Gasteiger partial charge in [-0.3, -0.25) is 9.78 Å². The number of ether oxygens (including phenoxy) is 1. The standard InChI is InChI=1S/C20H19N3O4S/c1-27-18-9-8-13(10-19(18)28(21,25)26)22-20(24)15-11-17(12-6-7-12)23-16-5-3-2-4-14(15)16/h2-5,8-12H,6-7H2,1H3,(H,22,24)(H2,21,25,26). The Morgan fingerprint density at radius 1 is 1.18 bits per heavy atom. The molecule has 1 saturated carbocycles. The Morgan fingerprint density at radius 2 is 1.93 bits per heavy atom. The molecule has 1 aliphatic rings. The van der Waals surface area contributed by atoms with Crippen molar-refractivity contribution < 1.29 is 17.9 Å². The molecule has 1 fully saturated rings. The molecule has 4 rings (SSSR count). The zero-order valence-electron chi connectivity index (χ0n) is 15.2. The molecule has 0 aliphatic heterocycles. The van der Waals surface area contributed by atoms with Crippen LogP contribution in [0.4, 0.5) is 5.69 Å². The summed E-state index contributed by atoms with van der Waals surface area (Å²) in [5.41, 5.74) is 2.48. The van der Waals surface area contributed by atoms with Gasteiger partial charge in [0.05, 0.1) is 18.2 Å². The average Bonchev–Trinajstić information content (AvgIpc) is 3.51. The van der Waals surface area contributed by atoms with Gasteiger partial charge in [-0.2, -0.15) is 0 Å². The second-order valence-electron chi connectivity index (χ2n) is 6.75. The minimum Gasteiger partial charge on any atom is -0.495 e. The number of carbonyl (C=O) groups excluding carboxylic acids is 1. The fourth-order valence-electron chi connectivity index (χ4n) is 3.15. The molecular formula is C20H19N3O4S. The highest BCUT2D eigenvalue weighted by Gasteiger charge is 2.27. The lowest BCUT2D eigenvalue weighted by Gasteiger charge is -2.12. The highest BCUT2D eigenvalue weighted by atomic mass is 32.2. The van der Waals surface area contributed by atoms with Crippen LogP contribution in [-0.2, 0) is 10.0 Å². The topological polar surface area (TPSA) is 111 Å². The summed E-state index contributed by atoms with van der Waals surface area (Å²) in [6.45, 7) is 0. The van der Waals surface area contributed by atoms with Gasteiger partial charge in [-0.05, 0) is 43.2 Å². The van der Waals surface area contributed by atoms with Crippen LogP contribution in [0.2, 0.25) is 0 Å². The van der Waals surface area contributed by atoms with Crippen LogP contribution in [0.1, 0.15) is 34.8 Å². The fraction of sp³-hybridized carbons (Fsp3) is 0.200. The number of hydrogen-bond donors (Lipinski definition) is 2. The number of pyridine rings is 1. The van der Waals surface area contributed by atoms with E-state index in [0.717, 1.165) is 29.4 Å². The Hall–Kier alpha value is -2.97. The summed E-state index contributed by atoms with van der Waals surface area (Å²) in [6, 6.07) is 13.6. The summed E-state index contributed by atoms with van der Waals surface area (Å²) >= 11 is 0. The summed E-state index contributed by atoms with van der Waals surface area (Å²) in [5.74, 6) is 0.169. The second-order valence-corrected chi connectivity index (χ2v) is 8.28. The minimum absolute atomic E-state index is 0.117. The number of para-hydroxylation sites is 1. The Labute approximate surface area is 162 Å². The number of fused-ring (bicyclic) bond motifs is 1. The molecule has 28 heavy (non-hydrogen) atoms. The van der Waals surface area contributed by atoms with E-state index in [4.69, 9.17) is 9.88 Å². The number of hydrogen-bond acceptors (Lipinski definition) is 5. The van der Waals surface area contributed by atoms with E-state index < -0.39 is 10.0 Å². The van der Waals surface area contributed by atoms with Crippen molar-refractivity contribution in [3.8, 4) is 5.75 Å². The predicted molar refractivity (Wildman–Crippen MR) is 106 cm³/mol. The molecule has 0 radical (unpaired) electrons. The molecule has 0 spiro atoms. The van der Waals surface area contributed by atoms with Gasteiger partial charge < -0.3 is 10.1 Å². The van der Waals surface area contributed by atoms with E-state index in [1.165, 1.54) is 19.2 Å². The molecule has 1 heterocycles. The molecule has 7 nitrogen and oxygen atoms in total. The number of carbonyl (C=O) groups is 1. The van der Waals surface area contributed by atoms with Crippen LogP contribution in [0.25, 0.3) is 10.9 Å². The zero-order valence-corrected chi connectivity index (χ0v) is 16.0. The number of primary sulfonamides is 1. The lowest BCUT2D eigenvalue weighted by molar-refractivity contribution is 0.102. The number of nitrogens with zero attached hydrogens (tertiary/aromatic N) is 1. The molecule has 8 heteroatoms. The first kappa shape index (κ1) is 18.4. The first-order valence-electron chi connectivity index (χ1n) is 8.78. The normalized spacial score (nSPS) is 14.1. The molecule has 0 unspecified atom stereocenters. The van der Waals surface area contributed by atoms with Crippen LogP contribution in [-0.4, -0.2) is 26.4 Å². The number of anilines is 1. The van der Waals surface area contributed by atoms with Crippen LogP contribution in [0.15, 0.2) is 53.4 Å². The van der Waals surface area contributed by atoms with Gasteiger partial charge in [0.15, 0.2) is 0 Å². The van der Waals surface area contributed by atoms with Crippen molar-refractivity contribution >= 4 is 32.5 Å². The zero-order chi connectivity index (χ0) is 19.9. The molecule has 3 N–H and O–H groups in total. The van der Waals surface area contributed by atoms with E-state index >= 15 is 0 Å². The molecular weight excluding hydrogens is 378 g/mol. The maximum absolute atomic E-state index is 13.0. The first-order chi connectivity index (χ1) is 13.4. The Bertz CT molecular complexity index is 1190. The van der Waals surface area contributed by atoms with Crippen molar-refractivity contribution in [2.24, 2.45) is 5.14 Å². The van der Waals surface area contributed by atoms with Crippen LogP contribution >= 0.6 is 0 Å². The summed E-state index contributed by atoms with van der Waals surface area (Å²) in [7, 11) is -2.65. The lowest BCUT2D eigenvalue weighted by atomic mass is 10.1. The van der Waals surface area contributed by atoms with Gasteiger partial charge in [-0.15, -0.1) is 0 Å². The maximum atomic E-state index is 13.0. The molecule has 1 aromatic heterocycles. The van der Waals surface area contributed by atoms with Gasteiger partial charge in [-0.1, -0.05) is 18.2 Å². The Balaban J connectivity index is 1.73. The van der Waals surface area contributed by atoms with Crippen molar-refractivity contribution in [2.45, 2.75) is 23.7 Å². The number of aromatic nitrogens is 1. The summed E-state index contributed by atoms with van der Waals surface area (Å²) < 4.78 is 28.6. The lowest BCUT2D eigenvalue weighted by Crippen LogP contribution is -2.16.